The summed E-state index contributed by atoms with van der Waals surface area (Å²) in [4.78, 5) is 24.8. The molecule has 2 aromatic rings. The standard InChI is InChI=1S/C20H22O14/c21-1-2-31-3-4-32-9-20(30,33-18(28)10-5-12(22)16(26)13(23)6-10)34-19(29)11-7-14(24)17(27)15(25)8-11/h5-8,21-27,30H,1-4,9H2. The Kier molecular flexibility index (Phi) is 8.69. The van der Waals surface area contributed by atoms with E-state index >= 15 is 0 Å². The Morgan fingerprint density at radius 1 is 0.676 bits per heavy atom. The molecule has 2 rings (SSSR count). The first-order valence-corrected chi connectivity index (χ1v) is 9.42. The van der Waals surface area contributed by atoms with Gasteiger partial charge in [0.2, 0.25) is 0 Å². The van der Waals surface area contributed by atoms with E-state index in [4.69, 9.17) is 24.1 Å². The zero-order valence-corrected chi connectivity index (χ0v) is 17.4. The zero-order valence-electron chi connectivity index (χ0n) is 17.4. The van der Waals surface area contributed by atoms with Gasteiger partial charge in [0.1, 0.15) is 0 Å². The molecule has 0 aliphatic carbocycles. The van der Waals surface area contributed by atoms with Gasteiger partial charge in [-0.1, -0.05) is 0 Å². The average Bonchev–Trinajstić information content (AvgIpc) is 2.77. The monoisotopic (exact) mass is 486 g/mol. The summed E-state index contributed by atoms with van der Waals surface area (Å²) in [5.41, 5.74) is -1.12. The Labute approximate surface area is 191 Å². The van der Waals surface area contributed by atoms with Crippen LogP contribution in [-0.2, 0) is 18.9 Å². The van der Waals surface area contributed by atoms with E-state index in [9.17, 15) is 45.3 Å². The van der Waals surface area contributed by atoms with Crippen molar-refractivity contribution < 1.29 is 69.4 Å². The minimum atomic E-state index is -3.11. The number of carbonyl (C=O) groups excluding carboxylic acids is 2. The smallest absolute Gasteiger partial charge is 0.398 e. The average molecular weight is 486 g/mol. The molecule has 34 heavy (non-hydrogen) atoms. The normalized spacial score (nSPS) is 11.2. The van der Waals surface area contributed by atoms with Crippen molar-refractivity contribution in [1.82, 2.24) is 0 Å². The number of aliphatic hydroxyl groups is 2. The van der Waals surface area contributed by atoms with Crippen molar-refractivity contribution in [3.8, 4) is 34.5 Å². The van der Waals surface area contributed by atoms with Gasteiger partial charge in [0, 0.05) is 0 Å². The molecule has 2 aromatic carbocycles. The third kappa shape index (κ3) is 6.76. The Bertz CT molecular complexity index is 916. The fourth-order valence-corrected chi connectivity index (χ4v) is 2.42. The summed E-state index contributed by atoms with van der Waals surface area (Å²) >= 11 is 0. The number of aliphatic hydroxyl groups excluding tert-OH is 1. The van der Waals surface area contributed by atoms with Crippen LogP contribution >= 0.6 is 0 Å². The molecule has 0 bridgehead atoms. The molecule has 0 radical (unpaired) electrons. The van der Waals surface area contributed by atoms with Gasteiger partial charge in [0.25, 0.3) is 0 Å². The summed E-state index contributed by atoms with van der Waals surface area (Å²) in [5, 5.41) is 76.2. The molecule has 186 valence electrons. The Hall–Kier alpha value is -3.98. The molecule has 0 unspecified atom stereocenters. The van der Waals surface area contributed by atoms with Gasteiger partial charge in [-0.2, -0.15) is 0 Å². The second kappa shape index (κ2) is 11.2. The SMILES string of the molecule is O=C(OC(O)(COCCOCCO)OC(=O)c1cc(O)c(O)c(O)c1)c1cc(O)c(O)c(O)c1. The molecule has 0 fully saturated rings. The third-order valence-electron chi connectivity index (χ3n) is 4.01. The van der Waals surface area contributed by atoms with Crippen LogP contribution in [0, 0.1) is 0 Å². The number of carbonyl (C=O) groups is 2. The van der Waals surface area contributed by atoms with Crippen molar-refractivity contribution in [2.75, 3.05) is 33.0 Å². The lowest BCUT2D eigenvalue weighted by molar-refractivity contribution is -0.324. The third-order valence-corrected chi connectivity index (χ3v) is 4.01. The van der Waals surface area contributed by atoms with Crippen molar-refractivity contribution in [3.05, 3.63) is 35.4 Å². The molecule has 0 atom stereocenters. The molecular formula is C20H22O14. The first kappa shape index (κ1) is 26.3. The summed E-state index contributed by atoms with van der Waals surface area (Å²) in [6.07, 6.45) is 0. The molecule has 0 amide bonds. The highest BCUT2D eigenvalue weighted by atomic mass is 16.9. The van der Waals surface area contributed by atoms with E-state index in [-0.39, 0.29) is 26.4 Å². The van der Waals surface area contributed by atoms with Crippen LogP contribution in [0.15, 0.2) is 24.3 Å². The van der Waals surface area contributed by atoms with Crippen molar-refractivity contribution in [3.63, 3.8) is 0 Å². The number of rotatable bonds is 11. The van der Waals surface area contributed by atoms with Crippen LogP contribution in [0.4, 0.5) is 0 Å². The largest absolute Gasteiger partial charge is 0.504 e. The highest BCUT2D eigenvalue weighted by Crippen LogP contribution is 2.37. The lowest BCUT2D eigenvalue weighted by Crippen LogP contribution is -2.44. The molecule has 0 aliphatic heterocycles. The Morgan fingerprint density at radius 2 is 1.06 bits per heavy atom. The predicted molar refractivity (Wildman–Crippen MR) is 107 cm³/mol. The highest BCUT2D eigenvalue weighted by Gasteiger charge is 2.39. The Morgan fingerprint density at radius 3 is 1.44 bits per heavy atom. The number of esters is 2. The summed E-state index contributed by atoms with van der Waals surface area (Å²) < 4.78 is 19.5. The molecular weight excluding hydrogens is 464 g/mol. The van der Waals surface area contributed by atoms with Crippen LogP contribution in [-0.4, -0.2) is 91.8 Å². The topological polar surface area (TPSA) is 233 Å². The minimum absolute atomic E-state index is 0.000717. The number of phenols is 6. The fraction of sp³-hybridized carbons (Fsp3) is 0.300. The summed E-state index contributed by atoms with van der Waals surface area (Å²) in [6, 6.07) is 2.77. The summed E-state index contributed by atoms with van der Waals surface area (Å²) in [7, 11) is 0. The lowest BCUT2D eigenvalue weighted by atomic mass is 10.2. The molecule has 0 saturated heterocycles. The lowest BCUT2D eigenvalue weighted by Gasteiger charge is -2.27. The van der Waals surface area contributed by atoms with Crippen LogP contribution in [0.3, 0.4) is 0 Å². The van der Waals surface area contributed by atoms with E-state index in [1.54, 1.807) is 0 Å². The fourth-order valence-electron chi connectivity index (χ4n) is 2.42. The van der Waals surface area contributed by atoms with Crippen LogP contribution in [0.5, 0.6) is 34.5 Å². The van der Waals surface area contributed by atoms with Gasteiger partial charge in [-0.15, -0.1) is 0 Å². The van der Waals surface area contributed by atoms with Gasteiger partial charge in [-0.05, 0) is 24.3 Å². The number of benzene rings is 2. The molecule has 8 N–H and O–H groups in total. The highest BCUT2D eigenvalue weighted by molar-refractivity contribution is 5.93. The van der Waals surface area contributed by atoms with Gasteiger partial charge >= 0.3 is 17.9 Å². The van der Waals surface area contributed by atoms with E-state index in [1.807, 2.05) is 0 Å². The molecule has 0 spiro atoms. The van der Waals surface area contributed by atoms with Gasteiger partial charge in [-0.25, -0.2) is 9.59 Å². The maximum Gasteiger partial charge on any atom is 0.398 e. The zero-order chi connectivity index (χ0) is 25.5. The molecule has 0 saturated carbocycles. The van der Waals surface area contributed by atoms with E-state index in [0.29, 0.717) is 24.3 Å². The second-order valence-corrected chi connectivity index (χ2v) is 6.61. The van der Waals surface area contributed by atoms with Crippen molar-refractivity contribution in [2.45, 2.75) is 5.97 Å². The minimum Gasteiger partial charge on any atom is -0.504 e. The maximum atomic E-state index is 12.4. The van der Waals surface area contributed by atoms with Gasteiger partial charge in [0.15, 0.2) is 41.1 Å². The molecule has 14 heteroatoms. The number of ether oxygens (including phenoxy) is 4. The number of hydrogen-bond acceptors (Lipinski definition) is 14. The molecule has 14 nitrogen and oxygen atoms in total. The van der Waals surface area contributed by atoms with Gasteiger partial charge in [-0.3, -0.25) is 0 Å². The summed E-state index contributed by atoms with van der Waals surface area (Å²) in [6.45, 7) is -1.49. The summed E-state index contributed by atoms with van der Waals surface area (Å²) in [5.74, 6) is -11.4. The van der Waals surface area contributed by atoms with E-state index in [0.717, 1.165) is 0 Å². The second-order valence-electron chi connectivity index (χ2n) is 6.61. The van der Waals surface area contributed by atoms with Crippen molar-refractivity contribution >= 4 is 11.9 Å². The predicted octanol–water partition coefficient (Wildman–Crippen LogP) is -0.394. The van der Waals surface area contributed by atoms with Crippen LogP contribution in [0.2, 0.25) is 0 Å². The Balaban J connectivity index is 2.23. The van der Waals surface area contributed by atoms with E-state index in [2.05, 4.69) is 0 Å². The van der Waals surface area contributed by atoms with Gasteiger partial charge < -0.3 is 59.8 Å². The van der Waals surface area contributed by atoms with E-state index in [1.165, 1.54) is 0 Å². The number of aromatic hydroxyl groups is 6. The maximum absolute atomic E-state index is 12.4. The first-order valence-electron chi connectivity index (χ1n) is 9.42. The van der Waals surface area contributed by atoms with Crippen molar-refractivity contribution in [2.24, 2.45) is 0 Å². The van der Waals surface area contributed by atoms with Gasteiger partial charge in [0.05, 0.1) is 37.6 Å². The number of phenolic OH excluding ortho intramolecular Hbond substituents is 6. The van der Waals surface area contributed by atoms with Crippen LogP contribution in [0.25, 0.3) is 0 Å². The molecule has 0 aromatic heterocycles. The first-order chi connectivity index (χ1) is 16.0. The van der Waals surface area contributed by atoms with Crippen LogP contribution < -0.4 is 0 Å². The van der Waals surface area contributed by atoms with E-state index < -0.39 is 70.1 Å². The number of hydrogen-bond donors (Lipinski definition) is 8. The molecule has 0 heterocycles. The van der Waals surface area contributed by atoms with Crippen LogP contribution in [0.1, 0.15) is 20.7 Å². The van der Waals surface area contributed by atoms with Crippen molar-refractivity contribution in [1.29, 1.82) is 0 Å². The quantitative estimate of drug-likeness (QED) is 0.0874. The molecule has 0 aliphatic rings.